The molecule has 0 atom stereocenters. The molecule has 3 rings (SSSR count). The summed E-state index contributed by atoms with van der Waals surface area (Å²) in [5.41, 5.74) is 2.63. The Morgan fingerprint density at radius 1 is 0.923 bits per heavy atom. The van der Waals surface area contributed by atoms with E-state index in [2.05, 4.69) is 0 Å². The van der Waals surface area contributed by atoms with Gasteiger partial charge >= 0.3 is 6.18 Å². The molecule has 0 spiro atoms. The van der Waals surface area contributed by atoms with E-state index < -0.39 is 11.7 Å². The van der Waals surface area contributed by atoms with Crippen LogP contribution in [0.15, 0.2) is 42.5 Å². The van der Waals surface area contributed by atoms with Crippen LogP contribution in [0.2, 0.25) is 0 Å². The predicted molar refractivity (Wildman–Crippen MR) is 95.5 cm³/mol. The van der Waals surface area contributed by atoms with Gasteiger partial charge in [0.15, 0.2) is 0 Å². The third-order valence-corrected chi connectivity index (χ3v) is 4.57. The number of carbonyl (C=O) groups excluding carboxylic acids is 1. The predicted octanol–water partition coefficient (Wildman–Crippen LogP) is 4.28. The van der Waals surface area contributed by atoms with Crippen molar-refractivity contribution in [3.63, 3.8) is 0 Å². The summed E-state index contributed by atoms with van der Waals surface area (Å²) in [6.07, 6.45) is -4.35. The van der Waals surface area contributed by atoms with Crippen LogP contribution in [0.25, 0.3) is 0 Å². The lowest BCUT2D eigenvalue weighted by atomic mass is 10.1. The van der Waals surface area contributed by atoms with Crippen molar-refractivity contribution < 1.29 is 18.0 Å². The molecule has 2 aromatic carbocycles. The minimum atomic E-state index is -4.35. The molecule has 0 saturated carbocycles. The van der Waals surface area contributed by atoms with Gasteiger partial charge in [-0.1, -0.05) is 23.3 Å². The summed E-state index contributed by atoms with van der Waals surface area (Å²) in [7, 11) is 0. The lowest BCUT2D eigenvalue weighted by Gasteiger charge is -2.36. The molecule has 0 aromatic heterocycles. The van der Waals surface area contributed by atoms with Crippen LogP contribution in [0.1, 0.15) is 27.0 Å². The zero-order valence-corrected chi connectivity index (χ0v) is 14.8. The summed E-state index contributed by atoms with van der Waals surface area (Å²) < 4.78 is 38.7. The van der Waals surface area contributed by atoms with Crippen molar-refractivity contribution in [3.8, 4) is 0 Å². The first-order valence-electron chi connectivity index (χ1n) is 8.54. The Morgan fingerprint density at radius 3 is 2.12 bits per heavy atom. The van der Waals surface area contributed by atoms with Crippen molar-refractivity contribution in [3.05, 3.63) is 64.7 Å². The SMILES string of the molecule is Cc1cc(C)cc(C(=O)N2CCN(c3cccc(C(F)(F)F)c3)CC2)c1. The zero-order valence-electron chi connectivity index (χ0n) is 14.8. The second-order valence-electron chi connectivity index (χ2n) is 6.70. The monoisotopic (exact) mass is 362 g/mol. The quantitative estimate of drug-likeness (QED) is 0.796. The number of anilines is 1. The summed E-state index contributed by atoms with van der Waals surface area (Å²) >= 11 is 0. The highest BCUT2D eigenvalue weighted by Gasteiger charge is 2.31. The van der Waals surface area contributed by atoms with Crippen LogP contribution in [-0.4, -0.2) is 37.0 Å². The Labute approximate surface area is 151 Å². The van der Waals surface area contributed by atoms with Crippen molar-refractivity contribution in [2.24, 2.45) is 0 Å². The van der Waals surface area contributed by atoms with Crippen LogP contribution in [0.3, 0.4) is 0 Å². The summed E-state index contributed by atoms with van der Waals surface area (Å²) in [6.45, 7) is 5.91. The van der Waals surface area contributed by atoms with E-state index in [-0.39, 0.29) is 5.91 Å². The summed E-state index contributed by atoms with van der Waals surface area (Å²) in [4.78, 5) is 16.3. The van der Waals surface area contributed by atoms with Crippen molar-refractivity contribution in [1.82, 2.24) is 4.90 Å². The van der Waals surface area contributed by atoms with Gasteiger partial charge < -0.3 is 9.80 Å². The van der Waals surface area contributed by atoms with E-state index in [1.807, 2.05) is 36.9 Å². The molecular weight excluding hydrogens is 341 g/mol. The Bertz CT molecular complexity index is 789. The fraction of sp³-hybridized carbons (Fsp3) is 0.350. The van der Waals surface area contributed by atoms with Gasteiger partial charge in [-0.15, -0.1) is 0 Å². The third kappa shape index (κ3) is 4.00. The molecular formula is C20H21F3N2O. The van der Waals surface area contributed by atoms with Gasteiger partial charge in [0.2, 0.25) is 0 Å². The summed E-state index contributed by atoms with van der Waals surface area (Å²) in [5.74, 6) is -0.0273. The topological polar surface area (TPSA) is 23.6 Å². The minimum Gasteiger partial charge on any atom is -0.368 e. The minimum absolute atomic E-state index is 0.0273. The molecule has 1 heterocycles. The maximum Gasteiger partial charge on any atom is 0.416 e. The maximum atomic E-state index is 12.9. The Kier molecular flexibility index (Phi) is 4.94. The fourth-order valence-electron chi connectivity index (χ4n) is 3.33. The number of carbonyl (C=O) groups is 1. The molecule has 1 amide bonds. The van der Waals surface area contributed by atoms with E-state index in [0.29, 0.717) is 37.4 Å². The number of nitrogens with zero attached hydrogens (tertiary/aromatic N) is 2. The van der Waals surface area contributed by atoms with Gasteiger partial charge in [0, 0.05) is 37.4 Å². The molecule has 3 nitrogen and oxygen atoms in total. The lowest BCUT2D eigenvalue weighted by molar-refractivity contribution is -0.137. The molecule has 6 heteroatoms. The molecule has 0 radical (unpaired) electrons. The molecule has 1 aliphatic heterocycles. The van der Waals surface area contributed by atoms with Gasteiger partial charge in [-0.2, -0.15) is 13.2 Å². The van der Waals surface area contributed by atoms with Crippen molar-refractivity contribution in [1.29, 1.82) is 0 Å². The molecule has 0 aliphatic carbocycles. The molecule has 138 valence electrons. The smallest absolute Gasteiger partial charge is 0.368 e. The van der Waals surface area contributed by atoms with E-state index in [9.17, 15) is 18.0 Å². The van der Waals surface area contributed by atoms with E-state index in [4.69, 9.17) is 0 Å². The number of alkyl halides is 3. The normalized spacial score (nSPS) is 15.3. The highest BCUT2D eigenvalue weighted by molar-refractivity contribution is 5.94. The second kappa shape index (κ2) is 7.02. The zero-order chi connectivity index (χ0) is 18.9. The van der Waals surface area contributed by atoms with Gasteiger partial charge in [0.25, 0.3) is 5.91 Å². The van der Waals surface area contributed by atoms with Gasteiger partial charge in [0.1, 0.15) is 0 Å². The summed E-state index contributed by atoms with van der Waals surface area (Å²) in [6, 6.07) is 11.1. The van der Waals surface area contributed by atoms with Crippen LogP contribution in [0.4, 0.5) is 18.9 Å². The van der Waals surface area contributed by atoms with Crippen LogP contribution in [0.5, 0.6) is 0 Å². The Hall–Kier alpha value is -2.50. The Balaban J connectivity index is 1.68. The Morgan fingerprint density at radius 2 is 1.54 bits per heavy atom. The van der Waals surface area contributed by atoms with Crippen molar-refractivity contribution in [2.45, 2.75) is 20.0 Å². The second-order valence-corrected chi connectivity index (χ2v) is 6.70. The van der Waals surface area contributed by atoms with E-state index in [1.165, 1.54) is 12.1 Å². The first-order chi connectivity index (χ1) is 12.2. The van der Waals surface area contributed by atoms with Gasteiger partial charge in [-0.05, 0) is 44.2 Å². The fourth-order valence-corrected chi connectivity index (χ4v) is 3.33. The first-order valence-corrected chi connectivity index (χ1v) is 8.54. The molecule has 0 unspecified atom stereocenters. The molecule has 1 aliphatic rings. The number of amides is 1. The number of piperazine rings is 1. The number of halogens is 3. The molecule has 26 heavy (non-hydrogen) atoms. The number of hydrogen-bond donors (Lipinski definition) is 0. The number of rotatable bonds is 2. The van der Waals surface area contributed by atoms with Gasteiger partial charge in [0.05, 0.1) is 5.56 Å². The maximum absolute atomic E-state index is 12.9. The molecule has 2 aromatic rings. The molecule has 1 fully saturated rings. The number of benzene rings is 2. The van der Waals surface area contributed by atoms with Crippen LogP contribution >= 0.6 is 0 Å². The van der Waals surface area contributed by atoms with Crippen molar-refractivity contribution in [2.75, 3.05) is 31.1 Å². The average molecular weight is 362 g/mol. The largest absolute Gasteiger partial charge is 0.416 e. The summed E-state index contributed by atoms with van der Waals surface area (Å²) in [5, 5.41) is 0. The van der Waals surface area contributed by atoms with Crippen molar-refractivity contribution >= 4 is 11.6 Å². The molecule has 1 saturated heterocycles. The average Bonchev–Trinajstić information content (AvgIpc) is 2.60. The van der Waals surface area contributed by atoms with Crippen LogP contribution < -0.4 is 4.90 Å². The van der Waals surface area contributed by atoms with E-state index in [0.717, 1.165) is 17.2 Å². The highest BCUT2D eigenvalue weighted by atomic mass is 19.4. The number of aryl methyl sites for hydroxylation is 2. The highest BCUT2D eigenvalue weighted by Crippen LogP contribution is 2.32. The van der Waals surface area contributed by atoms with E-state index >= 15 is 0 Å². The number of hydrogen-bond acceptors (Lipinski definition) is 2. The van der Waals surface area contributed by atoms with Gasteiger partial charge in [-0.25, -0.2) is 0 Å². The van der Waals surface area contributed by atoms with Gasteiger partial charge in [-0.3, -0.25) is 4.79 Å². The van der Waals surface area contributed by atoms with Crippen LogP contribution in [-0.2, 0) is 6.18 Å². The van der Waals surface area contributed by atoms with E-state index in [1.54, 1.807) is 11.0 Å². The third-order valence-electron chi connectivity index (χ3n) is 4.57. The standard InChI is InChI=1S/C20H21F3N2O/c1-14-10-15(2)12-16(11-14)19(26)25-8-6-24(7-9-25)18-5-3-4-17(13-18)20(21,22)23/h3-5,10-13H,6-9H2,1-2H3. The first kappa shape index (κ1) is 18.3. The lowest BCUT2D eigenvalue weighted by Crippen LogP contribution is -2.48. The molecule has 0 bridgehead atoms. The van der Waals surface area contributed by atoms with Crippen LogP contribution in [0, 0.1) is 13.8 Å². The molecule has 0 N–H and O–H groups in total.